The van der Waals surface area contributed by atoms with Crippen LogP contribution in [0.15, 0.2) is 30.6 Å². The minimum atomic E-state index is -0.898. The van der Waals surface area contributed by atoms with Crippen molar-refractivity contribution in [3.63, 3.8) is 0 Å². The Bertz CT molecular complexity index is 670. The van der Waals surface area contributed by atoms with E-state index in [-0.39, 0.29) is 19.0 Å². The highest BCUT2D eigenvalue weighted by molar-refractivity contribution is 5.95. The first-order valence-electron chi connectivity index (χ1n) is 6.47. The number of aromatic nitrogens is 4. The Labute approximate surface area is 120 Å². The van der Waals surface area contributed by atoms with Crippen LogP contribution in [0.2, 0.25) is 0 Å². The molecule has 1 aliphatic rings. The highest BCUT2D eigenvalue weighted by Gasteiger charge is 2.32. The van der Waals surface area contributed by atoms with Crippen molar-refractivity contribution < 1.29 is 14.7 Å². The molecule has 2 aromatic rings. The summed E-state index contributed by atoms with van der Waals surface area (Å²) in [6, 6.07) is 7.34. The molecule has 8 nitrogen and oxygen atoms in total. The van der Waals surface area contributed by atoms with Gasteiger partial charge in [0.1, 0.15) is 12.9 Å². The molecular weight excluding hydrogens is 274 g/mol. The maximum absolute atomic E-state index is 12.4. The third kappa shape index (κ3) is 2.60. The van der Waals surface area contributed by atoms with Crippen molar-refractivity contribution in [2.75, 3.05) is 11.4 Å². The summed E-state index contributed by atoms with van der Waals surface area (Å²) < 4.78 is 1.31. The fraction of sp³-hybridized carbons (Fsp3) is 0.308. The van der Waals surface area contributed by atoms with Crippen molar-refractivity contribution in [1.82, 2.24) is 20.2 Å². The van der Waals surface area contributed by atoms with Gasteiger partial charge < -0.3 is 10.0 Å². The molecule has 1 unspecified atom stereocenters. The molecule has 1 aromatic carbocycles. The molecule has 1 aromatic heterocycles. The maximum Gasteiger partial charge on any atom is 0.308 e. The van der Waals surface area contributed by atoms with E-state index in [2.05, 4.69) is 15.5 Å². The van der Waals surface area contributed by atoms with Gasteiger partial charge in [0.2, 0.25) is 5.91 Å². The predicted molar refractivity (Wildman–Crippen MR) is 71.4 cm³/mol. The second-order valence-electron chi connectivity index (χ2n) is 4.88. The van der Waals surface area contributed by atoms with Gasteiger partial charge in [-0.15, -0.1) is 5.10 Å². The number of anilines is 1. The average Bonchev–Trinajstić information content (AvgIpc) is 2.98. The van der Waals surface area contributed by atoms with Crippen LogP contribution in [0.4, 0.5) is 5.69 Å². The van der Waals surface area contributed by atoms with Gasteiger partial charge in [-0.2, -0.15) is 0 Å². The van der Waals surface area contributed by atoms with Crippen molar-refractivity contribution in [3.05, 3.63) is 36.2 Å². The van der Waals surface area contributed by atoms with Crippen LogP contribution in [0, 0.1) is 5.92 Å². The molecular formula is C13H13N5O3. The SMILES string of the molecule is O=C(O)C1Cc2ccccc2N(C(=O)Cn2cnnn2)C1. The molecule has 0 spiro atoms. The Balaban J connectivity index is 1.89. The number of aliphatic carboxylic acids is 1. The minimum Gasteiger partial charge on any atom is -0.481 e. The van der Waals surface area contributed by atoms with E-state index in [0.29, 0.717) is 6.42 Å². The maximum atomic E-state index is 12.4. The van der Waals surface area contributed by atoms with E-state index in [9.17, 15) is 14.7 Å². The lowest BCUT2D eigenvalue weighted by Gasteiger charge is -2.32. The summed E-state index contributed by atoms with van der Waals surface area (Å²) in [6.07, 6.45) is 1.78. The second-order valence-corrected chi connectivity index (χ2v) is 4.88. The smallest absolute Gasteiger partial charge is 0.308 e. The van der Waals surface area contributed by atoms with Gasteiger partial charge in [0.05, 0.1) is 5.92 Å². The molecule has 0 radical (unpaired) electrons. The molecule has 0 aliphatic carbocycles. The van der Waals surface area contributed by atoms with Crippen LogP contribution in [-0.4, -0.2) is 43.7 Å². The van der Waals surface area contributed by atoms with E-state index in [0.717, 1.165) is 11.3 Å². The molecule has 21 heavy (non-hydrogen) atoms. The van der Waals surface area contributed by atoms with Crippen molar-refractivity contribution in [1.29, 1.82) is 0 Å². The number of carboxylic acid groups (broad SMARTS) is 1. The quantitative estimate of drug-likeness (QED) is 0.850. The molecule has 1 amide bonds. The number of carbonyl (C=O) groups is 2. The van der Waals surface area contributed by atoms with Gasteiger partial charge in [-0.3, -0.25) is 9.59 Å². The van der Waals surface area contributed by atoms with Gasteiger partial charge in [-0.05, 0) is 28.5 Å². The standard InChI is InChI=1S/C13H13N5O3/c19-12(7-17-8-14-15-16-17)18-6-10(13(20)21)5-9-3-1-2-4-11(9)18/h1-4,8,10H,5-7H2,(H,20,21). The monoisotopic (exact) mass is 287 g/mol. The largest absolute Gasteiger partial charge is 0.481 e. The summed E-state index contributed by atoms with van der Waals surface area (Å²) in [5.74, 6) is -1.73. The molecule has 0 fully saturated rings. The third-order valence-corrected chi connectivity index (χ3v) is 3.49. The van der Waals surface area contributed by atoms with E-state index in [1.165, 1.54) is 15.9 Å². The number of rotatable bonds is 3. The van der Waals surface area contributed by atoms with E-state index in [4.69, 9.17) is 0 Å². The van der Waals surface area contributed by atoms with E-state index >= 15 is 0 Å². The number of benzene rings is 1. The van der Waals surface area contributed by atoms with Crippen molar-refractivity contribution in [2.45, 2.75) is 13.0 Å². The highest BCUT2D eigenvalue weighted by atomic mass is 16.4. The molecule has 0 bridgehead atoms. The Kier molecular flexibility index (Phi) is 3.35. The molecule has 3 rings (SSSR count). The van der Waals surface area contributed by atoms with Gasteiger partial charge >= 0.3 is 5.97 Å². The summed E-state index contributed by atoms with van der Waals surface area (Å²) in [5.41, 5.74) is 1.62. The van der Waals surface area contributed by atoms with Crippen LogP contribution in [0.25, 0.3) is 0 Å². The van der Waals surface area contributed by atoms with Crippen molar-refractivity contribution >= 4 is 17.6 Å². The van der Waals surface area contributed by atoms with Crippen molar-refractivity contribution in [3.8, 4) is 0 Å². The molecule has 2 heterocycles. The first-order valence-corrected chi connectivity index (χ1v) is 6.47. The number of nitrogens with zero attached hydrogens (tertiary/aromatic N) is 5. The molecule has 1 atom stereocenters. The number of hydrogen-bond acceptors (Lipinski definition) is 5. The lowest BCUT2D eigenvalue weighted by atomic mass is 9.92. The van der Waals surface area contributed by atoms with Crippen LogP contribution in [0.3, 0.4) is 0 Å². The first kappa shape index (κ1) is 13.2. The molecule has 1 aliphatic heterocycles. The van der Waals surface area contributed by atoms with Crippen LogP contribution >= 0.6 is 0 Å². The zero-order valence-electron chi connectivity index (χ0n) is 11.1. The fourth-order valence-corrected chi connectivity index (χ4v) is 2.47. The summed E-state index contributed by atoms with van der Waals surface area (Å²) in [6.45, 7) is 0.140. The first-order chi connectivity index (χ1) is 10.1. The van der Waals surface area contributed by atoms with Gasteiger partial charge in [0.15, 0.2) is 0 Å². The zero-order valence-corrected chi connectivity index (χ0v) is 11.1. The Morgan fingerprint density at radius 3 is 2.86 bits per heavy atom. The molecule has 0 saturated heterocycles. The number of fused-ring (bicyclic) bond motifs is 1. The van der Waals surface area contributed by atoms with Crippen molar-refractivity contribution in [2.24, 2.45) is 5.92 Å². The highest BCUT2D eigenvalue weighted by Crippen LogP contribution is 2.29. The van der Waals surface area contributed by atoms with Gasteiger partial charge in [0.25, 0.3) is 0 Å². The predicted octanol–water partition coefficient (Wildman–Crippen LogP) is -0.0368. The van der Waals surface area contributed by atoms with Gasteiger partial charge in [-0.25, -0.2) is 4.68 Å². The van der Waals surface area contributed by atoms with E-state index < -0.39 is 11.9 Å². The van der Waals surface area contributed by atoms with Crippen LogP contribution in [0.1, 0.15) is 5.56 Å². The second kappa shape index (κ2) is 5.31. The summed E-state index contributed by atoms with van der Waals surface area (Å²) >= 11 is 0. The van der Waals surface area contributed by atoms with Crippen LogP contribution in [0.5, 0.6) is 0 Å². The zero-order chi connectivity index (χ0) is 14.8. The summed E-state index contributed by atoms with van der Waals surface area (Å²) in [5, 5.41) is 19.8. The van der Waals surface area contributed by atoms with E-state index in [1.54, 1.807) is 0 Å². The molecule has 0 saturated carbocycles. The molecule has 108 valence electrons. The third-order valence-electron chi connectivity index (χ3n) is 3.49. The number of carbonyl (C=O) groups excluding carboxylic acids is 1. The van der Waals surface area contributed by atoms with E-state index in [1.807, 2.05) is 24.3 Å². The number of amides is 1. The molecule has 1 N–H and O–H groups in total. The molecule has 8 heteroatoms. The summed E-state index contributed by atoms with van der Waals surface area (Å²) in [4.78, 5) is 25.2. The Hall–Kier alpha value is -2.77. The number of para-hydroxylation sites is 1. The minimum absolute atomic E-state index is 0.0202. The number of tetrazole rings is 1. The number of carboxylic acids is 1. The lowest BCUT2D eigenvalue weighted by Crippen LogP contribution is -2.44. The lowest BCUT2D eigenvalue weighted by molar-refractivity contribution is -0.141. The van der Waals surface area contributed by atoms with Crippen LogP contribution in [-0.2, 0) is 22.6 Å². The fourth-order valence-electron chi connectivity index (χ4n) is 2.47. The topological polar surface area (TPSA) is 101 Å². The van der Waals surface area contributed by atoms with Gasteiger partial charge in [0, 0.05) is 12.2 Å². The average molecular weight is 287 g/mol. The summed E-state index contributed by atoms with van der Waals surface area (Å²) in [7, 11) is 0. The Morgan fingerprint density at radius 1 is 1.33 bits per heavy atom. The van der Waals surface area contributed by atoms with Crippen LogP contribution < -0.4 is 4.90 Å². The van der Waals surface area contributed by atoms with Gasteiger partial charge in [-0.1, -0.05) is 18.2 Å². The Morgan fingerprint density at radius 2 is 2.14 bits per heavy atom. The number of hydrogen-bond donors (Lipinski definition) is 1. The normalized spacial score (nSPS) is 17.3.